The Kier molecular flexibility index (Phi) is 4.73. The number of fused-ring (bicyclic) bond motifs is 1. The zero-order chi connectivity index (χ0) is 17.1. The molecule has 1 atom stereocenters. The molecule has 0 fully saturated rings. The number of anilines is 1. The Balaban J connectivity index is 2.16. The number of ether oxygens (including phenoxy) is 1. The number of benzene rings is 1. The summed E-state index contributed by atoms with van der Waals surface area (Å²) in [7, 11) is 1.59. The number of hydrogen-bond donors (Lipinski definition) is 2. The molecular formula is C17H18N4O2S. The summed E-state index contributed by atoms with van der Waals surface area (Å²) in [5.41, 5.74) is 7.48. The molecule has 24 heavy (non-hydrogen) atoms. The van der Waals surface area contributed by atoms with Crippen molar-refractivity contribution >= 4 is 33.3 Å². The Bertz CT molecular complexity index is 864. The van der Waals surface area contributed by atoms with E-state index in [2.05, 4.69) is 15.3 Å². The normalized spacial score (nSPS) is 12.2. The molecule has 1 amide bonds. The first-order chi connectivity index (χ1) is 11.6. The van der Waals surface area contributed by atoms with Crippen LogP contribution in [-0.4, -0.2) is 29.0 Å². The first-order valence-electron chi connectivity index (χ1n) is 7.48. The van der Waals surface area contributed by atoms with Gasteiger partial charge in [-0.2, -0.15) is 0 Å². The molecule has 2 aromatic heterocycles. The van der Waals surface area contributed by atoms with Crippen LogP contribution in [0.1, 0.15) is 12.7 Å². The van der Waals surface area contributed by atoms with Crippen LogP contribution in [0.2, 0.25) is 0 Å². The first-order valence-corrected chi connectivity index (χ1v) is 8.36. The highest BCUT2D eigenvalue weighted by Gasteiger charge is 2.18. The lowest BCUT2D eigenvalue weighted by Crippen LogP contribution is -2.33. The number of primary amides is 1. The van der Waals surface area contributed by atoms with Gasteiger partial charge in [-0.25, -0.2) is 9.97 Å². The van der Waals surface area contributed by atoms with Crippen LogP contribution in [0.5, 0.6) is 0 Å². The van der Waals surface area contributed by atoms with Crippen molar-refractivity contribution in [2.75, 3.05) is 12.4 Å². The molecule has 0 saturated carbocycles. The average Bonchev–Trinajstić information content (AvgIpc) is 3.00. The number of aromatic nitrogens is 2. The van der Waals surface area contributed by atoms with Crippen LogP contribution in [0.4, 0.5) is 5.82 Å². The van der Waals surface area contributed by atoms with Gasteiger partial charge in [0.15, 0.2) is 5.82 Å². The van der Waals surface area contributed by atoms with E-state index >= 15 is 0 Å². The summed E-state index contributed by atoms with van der Waals surface area (Å²) in [5.74, 6) is 0.718. The minimum atomic E-state index is -0.540. The Morgan fingerprint density at radius 1 is 1.33 bits per heavy atom. The highest BCUT2D eigenvalue weighted by molar-refractivity contribution is 7.17. The molecule has 124 valence electrons. The van der Waals surface area contributed by atoms with E-state index in [0.29, 0.717) is 18.2 Å². The average molecular weight is 342 g/mol. The van der Waals surface area contributed by atoms with Gasteiger partial charge in [-0.1, -0.05) is 30.3 Å². The van der Waals surface area contributed by atoms with E-state index in [-0.39, 0.29) is 0 Å². The number of nitrogens with two attached hydrogens (primary N) is 1. The van der Waals surface area contributed by atoms with Crippen molar-refractivity contribution in [1.82, 2.24) is 9.97 Å². The maximum absolute atomic E-state index is 11.4. The molecule has 0 radical (unpaired) electrons. The summed E-state index contributed by atoms with van der Waals surface area (Å²) in [4.78, 5) is 21.4. The highest BCUT2D eigenvalue weighted by Crippen LogP contribution is 2.37. The van der Waals surface area contributed by atoms with Crippen LogP contribution < -0.4 is 11.1 Å². The number of carbonyl (C=O) groups excluding carboxylic acids is 1. The second-order valence-electron chi connectivity index (χ2n) is 5.39. The number of thiophene rings is 1. The van der Waals surface area contributed by atoms with Crippen molar-refractivity contribution in [1.29, 1.82) is 0 Å². The van der Waals surface area contributed by atoms with Gasteiger partial charge in [0.25, 0.3) is 0 Å². The maximum atomic E-state index is 11.4. The molecule has 3 rings (SSSR count). The molecular weight excluding hydrogens is 324 g/mol. The van der Waals surface area contributed by atoms with E-state index in [0.717, 1.165) is 21.3 Å². The maximum Gasteiger partial charge on any atom is 0.239 e. The van der Waals surface area contributed by atoms with Gasteiger partial charge in [0.1, 0.15) is 23.3 Å². The summed E-state index contributed by atoms with van der Waals surface area (Å²) in [6.45, 7) is 2.01. The third-order valence-corrected chi connectivity index (χ3v) is 4.49. The molecule has 7 heteroatoms. The fourth-order valence-corrected chi connectivity index (χ4v) is 3.36. The Morgan fingerprint density at radius 3 is 2.75 bits per heavy atom. The van der Waals surface area contributed by atoms with E-state index in [1.807, 2.05) is 35.7 Å². The van der Waals surface area contributed by atoms with E-state index in [1.54, 1.807) is 14.0 Å². The van der Waals surface area contributed by atoms with Gasteiger partial charge >= 0.3 is 0 Å². The number of nitrogens with one attached hydrogen (secondary N) is 1. The smallest absolute Gasteiger partial charge is 0.239 e. The zero-order valence-electron chi connectivity index (χ0n) is 13.4. The van der Waals surface area contributed by atoms with Crippen LogP contribution in [0, 0.1) is 0 Å². The molecule has 1 unspecified atom stereocenters. The number of methoxy groups -OCH3 is 1. The second-order valence-corrected chi connectivity index (χ2v) is 6.24. The quantitative estimate of drug-likeness (QED) is 0.719. The molecule has 0 saturated heterocycles. The van der Waals surface area contributed by atoms with Gasteiger partial charge in [-0.15, -0.1) is 11.3 Å². The third kappa shape index (κ3) is 3.22. The number of amides is 1. The lowest BCUT2D eigenvalue weighted by Gasteiger charge is -2.14. The minimum absolute atomic E-state index is 0.300. The Hall–Kier alpha value is -2.51. The standard InChI is InChI=1S/C17H18N4O2S/c1-10(15(18)22)19-16-14-12(11-6-4-3-5-7-11)9-24-17(14)21-13(20-16)8-23-2/h3-7,9-10H,8H2,1-2H3,(H2,18,22)(H,19,20,21). The molecule has 0 bridgehead atoms. The summed E-state index contributed by atoms with van der Waals surface area (Å²) >= 11 is 1.54. The van der Waals surface area contributed by atoms with Gasteiger partial charge in [-0.3, -0.25) is 4.79 Å². The first kappa shape index (κ1) is 16.4. The molecule has 6 nitrogen and oxygen atoms in total. The molecule has 3 N–H and O–H groups in total. The van der Waals surface area contributed by atoms with Crippen LogP contribution in [-0.2, 0) is 16.1 Å². The van der Waals surface area contributed by atoms with E-state index in [1.165, 1.54) is 11.3 Å². The van der Waals surface area contributed by atoms with Crippen molar-refractivity contribution in [3.05, 3.63) is 41.5 Å². The lowest BCUT2D eigenvalue weighted by molar-refractivity contribution is -0.118. The van der Waals surface area contributed by atoms with Gasteiger partial charge in [0.05, 0.1) is 5.39 Å². The van der Waals surface area contributed by atoms with E-state index in [4.69, 9.17) is 10.5 Å². The molecule has 0 spiro atoms. The number of carbonyl (C=O) groups is 1. The number of nitrogens with zero attached hydrogens (tertiary/aromatic N) is 2. The van der Waals surface area contributed by atoms with Crippen molar-refractivity contribution in [3.8, 4) is 11.1 Å². The Morgan fingerprint density at radius 2 is 2.08 bits per heavy atom. The van der Waals surface area contributed by atoms with E-state index < -0.39 is 11.9 Å². The second kappa shape index (κ2) is 6.94. The fourth-order valence-electron chi connectivity index (χ4n) is 2.39. The SMILES string of the molecule is COCc1nc(NC(C)C(N)=O)c2c(-c3ccccc3)csc2n1. The highest BCUT2D eigenvalue weighted by atomic mass is 32.1. The molecule has 1 aromatic carbocycles. The van der Waals surface area contributed by atoms with Crippen LogP contribution in [0.3, 0.4) is 0 Å². The summed E-state index contributed by atoms with van der Waals surface area (Å²) < 4.78 is 5.14. The van der Waals surface area contributed by atoms with Crippen LogP contribution in [0.25, 0.3) is 21.3 Å². The molecule has 0 aliphatic carbocycles. The van der Waals surface area contributed by atoms with Gasteiger partial charge < -0.3 is 15.8 Å². The molecule has 3 aromatic rings. The fraction of sp³-hybridized carbons (Fsp3) is 0.235. The monoisotopic (exact) mass is 342 g/mol. The van der Waals surface area contributed by atoms with Crippen molar-refractivity contribution in [3.63, 3.8) is 0 Å². The van der Waals surface area contributed by atoms with Crippen molar-refractivity contribution < 1.29 is 9.53 Å². The predicted octanol–water partition coefficient (Wildman–Crippen LogP) is 2.79. The van der Waals surface area contributed by atoms with Gasteiger partial charge in [0, 0.05) is 18.1 Å². The molecule has 0 aliphatic heterocycles. The van der Waals surface area contributed by atoms with Gasteiger partial charge in [-0.05, 0) is 12.5 Å². The third-order valence-electron chi connectivity index (χ3n) is 3.62. The van der Waals surface area contributed by atoms with Crippen LogP contribution in [0.15, 0.2) is 35.7 Å². The van der Waals surface area contributed by atoms with Crippen LogP contribution >= 0.6 is 11.3 Å². The van der Waals surface area contributed by atoms with E-state index in [9.17, 15) is 4.79 Å². The predicted molar refractivity (Wildman–Crippen MR) is 95.8 cm³/mol. The largest absolute Gasteiger partial charge is 0.377 e. The number of hydrogen-bond acceptors (Lipinski definition) is 6. The van der Waals surface area contributed by atoms with Gasteiger partial charge in [0.2, 0.25) is 5.91 Å². The summed E-state index contributed by atoms with van der Waals surface area (Å²) in [6.07, 6.45) is 0. The molecule has 2 heterocycles. The summed E-state index contributed by atoms with van der Waals surface area (Å²) in [5, 5.41) is 6.04. The molecule has 0 aliphatic rings. The lowest BCUT2D eigenvalue weighted by atomic mass is 10.1. The minimum Gasteiger partial charge on any atom is -0.377 e. The number of rotatable bonds is 6. The zero-order valence-corrected chi connectivity index (χ0v) is 14.3. The van der Waals surface area contributed by atoms with Crippen molar-refractivity contribution in [2.24, 2.45) is 5.73 Å². The topological polar surface area (TPSA) is 90.1 Å². The summed E-state index contributed by atoms with van der Waals surface area (Å²) in [6, 6.07) is 9.47. The Labute approximate surface area is 143 Å². The van der Waals surface area contributed by atoms with Crippen molar-refractivity contribution in [2.45, 2.75) is 19.6 Å².